The summed E-state index contributed by atoms with van der Waals surface area (Å²) in [4.78, 5) is 58.4. The van der Waals surface area contributed by atoms with Gasteiger partial charge in [0, 0.05) is 19.3 Å². The van der Waals surface area contributed by atoms with E-state index in [4.69, 9.17) is 32.3 Å². The first-order valence-corrected chi connectivity index (χ1v) is 36.7. The molecule has 0 spiro atoms. The van der Waals surface area contributed by atoms with Gasteiger partial charge >= 0.3 is 33.6 Å². The second kappa shape index (κ2) is 66.4. The second-order valence-electron chi connectivity index (χ2n) is 21.5. The molecule has 522 valence electrons. The lowest BCUT2D eigenvalue weighted by Crippen LogP contribution is -2.30. The molecule has 18 heteroatoms. The lowest BCUT2D eigenvalue weighted by atomic mass is 10.1. The summed E-state index contributed by atoms with van der Waals surface area (Å²) in [6.07, 6.45) is 85.0. The molecule has 5 atom stereocenters. The summed E-state index contributed by atoms with van der Waals surface area (Å²) in [5.74, 6) is -1.76. The first-order valence-electron chi connectivity index (χ1n) is 33.7. The number of ether oxygens (including phenoxy) is 3. The monoisotopic (exact) mass is 1330 g/mol. The van der Waals surface area contributed by atoms with E-state index in [1.807, 2.05) is 18.2 Å². The van der Waals surface area contributed by atoms with Gasteiger partial charge in [-0.25, -0.2) is 9.13 Å². The molecule has 0 bridgehead atoms. The third kappa shape index (κ3) is 67.6. The summed E-state index contributed by atoms with van der Waals surface area (Å²) in [6, 6.07) is 0. The van der Waals surface area contributed by atoms with E-state index < -0.39 is 91.5 Å². The van der Waals surface area contributed by atoms with Crippen LogP contribution in [0.1, 0.15) is 201 Å². The lowest BCUT2D eigenvalue weighted by Gasteiger charge is -2.21. The molecule has 0 aromatic carbocycles. The number of carbonyl (C=O) groups is 3. The Kier molecular flexibility index (Phi) is 62.4. The average molecular weight is 1340 g/mol. The molecular formula is C75H116O16P2. The summed E-state index contributed by atoms with van der Waals surface area (Å²) < 4.78 is 60.7. The van der Waals surface area contributed by atoms with Crippen molar-refractivity contribution < 1.29 is 75.8 Å². The number of carbonyl (C=O) groups excluding carboxylic acids is 3. The number of esters is 3. The van der Waals surface area contributed by atoms with Crippen molar-refractivity contribution in [2.75, 3.05) is 39.6 Å². The molecule has 0 saturated carbocycles. The fourth-order valence-electron chi connectivity index (χ4n) is 7.76. The number of hydrogen-bond donors (Lipinski definition) is 4. The van der Waals surface area contributed by atoms with Crippen LogP contribution in [0.25, 0.3) is 0 Å². The van der Waals surface area contributed by atoms with E-state index in [9.17, 15) is 43.5 Å². The highest BCUT2D eigenvalue weighted by Gasteiger charge is 2.29. The van der Waals surface area contributed by atoms with Crippen molar-refractivity contribution >= 4 is 33.6 Å². The van der Waals surface area contributed by atoms with E-state index in [0.717, 1.165) is 135 Å². The summed E-state index contributed by atoms with van der Waals surface area (Å²) in [7, 11) is -9.84. The molecule has 0 rings (SSSR count). The predicted molar refractivity (Wildman–Crippen MR) is 380 cm³/mol. The highest BCUT2D eigenvalue weighted by molar-refractivity contribution is 7.47. The van der Waals surface area contributed by atoms with Gasteiger partial charge in [0.2, 0.25) is 0 Å². The van der Waals surface area contributed by atoms with Crippen LogP contribution in [-0.4, -0.2) is 95.9 Å². The Morgan fingerprint density at radius 3 is 0.892 bits per heavy atom. The van der Waals surface area contributed by atoms with Crippen molar-refractivity contribution in [2.45, 2.75) is 219 Å². The zero-order chi connectivity index (χ0) is 68.1. The van der Waals surface area contributed by atoms with Gasteiger partial charge in [0.1, 0.15) is 25.4 Å². The minimum absolute atomic E-state index is 0.0463. The number of phosphoric acid groups is 2. The maximum absolute atomic E-state index is 12.9. The molecule has 0 aromatic heterocycles. The fourth-order valence-corrected chi connectivity index (χ4v) is 9.35. The Bertz CT molecular complexity index is 2470. The minimum Gasteiger partial charge on any atom is -0.463 e. The SMILES string of the molecule is CC/C=C\C/C=C\C/C=C\C/C=C\C/C=C\C/C=C\CCC(=O)OCC(O)COP(=O)(O)OCC(O)COP(=O)(O)OCC(COC(=O)CCCCC/C=C\C/C=C\C/C=C\C/C=C\C/C=C\CC)OC(=O)CCCCC/C=C\C/C=C\C/C=C\C/C=C\C/C=C\CC. The third-order valence-corrected chi connectivity index (χ3v) is 14.7. The maximum atomic E-state index is 12.9. The standard InChI is InChI=1S/C75H116O16P2/c1-4-7-10-13-16-19-22-25-28-31-34-37-40-43-46-49-52-55-58-61-73(78)85-64-70(76)65-87-92(81,82)88-66-71(77)67-89-93(83,84)90-69-72(91-75(80)63-60-57-54-51-48-45-42-39-36-33-30-27-24-21-18-15-12-9-6-3)68-86-74(79)62-59-56-53-50-47-44-41-38-35-32-29-26-23-20-17-14-11-8-5-2/h7-12,16-21,25-30,34-39,43-48,52,55,70-72,76-77H,4-6,13-15,22-24,31-33,40-42,49-51,53-54,56-69H2,1-3H3,(H,81,82)(H,83,84)/b10-7-,11-8-,12-9-,19-16-,20-17-,21-18-,28-25-,29-26-,30-27-,37-34-,38-35-,39-36-,46-43-,47-44-,48-45-,55-52-. The van der Waals surface area contributed by atoms with Crippen molar-refractivity contribution in [1.82, 2.24) is 0 Å². The Morgan fingerprint density at radius 2 is 0.559 bits per heavy atom. The van der Waals surface area contributed by atoms with Gasteiger partial charge in [-0.1, -0.05) is 228 Å². The van der Waals surface area contributed by atoms with Crippen molar-refractivity contribution in [3.63, 3.8) is 0 Å². The molecule has 0 aromatic rings. The molecule has 0 fully saturated rings. The number of rotatable bonds is 61. The van der Waals surface area contributed by atoms with Gasteiger partial charge in [0.15, 0.2) is 6.10 Å². The Morgan fingerprint density at radius 1 is 0.301 bits per heavy atom. The summed E-state index contributed by atoms with van der Waals surface area (Å²) in [5, 5.41) is 20.5. The maximum Gasteiger partial charge on any atom is 0.472 e. The largest absolute Gasteiger partial charge is 0.472 e. The van der Waals surface area contributed by atoms with Crippen LogP contribution in [0.5, 0.6) is 0 Å². The quantitative estimate of drug-likeness (QED) is 0.0146. The van der Waals surface area contributed by atoms with Crippen LogP contribution in [0.4, 0.5) is 0 Å². The molecule has 0 aliphatic rings. The molecule has 0 radical (unpaired) electrons. The van der Waals surface area contributed by atoms with Crippen molar-refractivity contribution in [3.8, 4) is 0 Å². The number of aliphatic hydroxyl groups is 2. The molecule has 16 nitrogen and oxygen atoms in total. The molecule has 5 unspecified atom stereocenters. The number of phosphoric ester groups is 2. The molecule has 4 N–H and O–H groups in total. The van der Waals surface area contributed by atoms with Gasteiger partial charge in [-0.2, -0.15) is 0 Å². The highest BCUT2D eigenvalue weighted by Crippen LogP contribution is 2.45. The first-order chi connectivity index (χ1) is 45.2. The van der Waals surface area contributed by atoms with Crippen LogP contribution in [0.3, 0.4) is 0 Å². The van der Waals surface area contributed by atoms with Gasteiger partial charge < -0.3 is 34.2 Å². The Balaban J connectivity index is 4.90. The summed E-state index contributed by atoms with van der Waals surface area (Å²) >= 11 is 0. The number of aliphatic hydroxyl groups excluding tert-OH is 2. The van der Waals surface area contributed by atoms with Gasteiger partial charge in [-0.05, 0) is 148 Å². The Labute approximate surface area is 559 Å². The zero-order valence-electron chi connectivity index (χ0n) is 56.3. The molecule has 0 aliphatic heterocycles. The molecular weight excluding hydrogens is 1220 g/mol. The van der Waals surface area contributed by atoms with Gasteiger partial charge in [0.05, 0.1) is 26.4 Å². The minimum atomic E-state index is -4.96. The summed E-state index contributed by atoms with van der Waals surface area (Å²) in [5.41, 5.74) is 0. The predicted octanol–water partition coefficient (Wildman–Crippen LogP) is 18.9. The number of allylic oxidation sites excluding steroid dienone is 32. The zero-order valence-corrected chi connectivity index (χ0v) is 58.1. The molecule has 93 heavy (non-hydrogen) atoms. The fraction of sp³-hybridized carbons (Fsp3) is 0.533. The van der Waals surface area contributed by atoms with E-state index in [1.165, 1.54) is 0 Å². The van der Waals surface area contributed by atoms with Crippen LogP contribution in [0, 0.1) is 0 Å². The van der Waals surface area contributed by atoms with Crippen LogP contribution >= 0.6 is 15.6 Å². The average Bonchev–Trinajstić information content (AvgIpc) is 3.57. The van der Waals surface area contributed by atoms with Crippen LogP contribution in [-0.2, 0) is 55.8 Å². The molecule has 0 aliphatic carbocycles. The van der Waals surface area contributed by atoms with Crippen molar-refractivity contribution in [1.29, 1.82) is 0 Å². The second-order valence-corrected chi connectivity index (χ2v) is 24.4. The van der Waals surface area contributed by atoms with Gasteiger partial charge in [0.25, 0.3) is 0 Å². The van der Waals surface area contributed by atoms with Gasteiger partial charge in [-0.15, -0.1) is 0 Å². The molecule has 0 amide bonds. The van der Waals surface area contributed by atoms with E-state index in [0.29, 0.717) is 25.7 Å². The van der Waals surface area contributed by atoms with Gasteiger partial charge in [-0.3, -0.25) is 32.5 Å². The van der Waals surface area contributed by atoms with Crippen LogP contribution < -0.4 is 0 Å². The van der Waals surface area contributed by atoms with E-state index in [-0.39, 0.29) is 19.3 Å². The lowest BCUT2D eigenvalue weighted by molar-refractivity contribution is -0.161. The van der Waals surface area contributed by atoms with E-state index in [1.54, 1.807) is 0 Å². The van der Waals surface area contributed by atoms with E-state index >= 15 is 0 Å². The number of unbranched alkanes of at least 4 members (excludes halogenated alkanes) is 6. The normalized spacial score (nSPS) is 15.4. The smallest absolute Gasteiger partial charge is 0.463 e. The summed E-state index contributed by atoms with van der Waals surface area (Å²) in [6.45, 7) is 2.10. The van der Waals surface area contributed by atoms with Crippen LogP contribution in [0.2, 0.25) is 0 Å². The third-order valence-electron chi connectivity index (χ3n) is 12.8. The first kappa shape index (κ1) is 87.4. The highest BCUT2D eigenvalue weighted by atomic mass is 31.2. The number of hydrogen-bond acceptors (Lipinski definition) is 14. The van der Waals surface area contributed by atoms with Crippen LogP contribution in [0.15, 0.2) is 194 Å². The topological polar surface area (TPSA) is 231 Å². The molecule has 0 saturated heterocycles. The van der Waals surface area contributed by atoms with E-state index in [2.05, 4.69) is 197 Å². The van der Waals surface area contributed by atoms with Crippen molar-refractivity contribution in [2.24, 2.45) is 0 Å². The Hall–Kier alpha value is -5.61. The van der Waals surface area contributed by atoms with Crippen molar-refractivity contribution in [3.05, 3.63) is 194 Å². The molecule has 0 heterocycles.